The third kappa shape index (κ3) is 2.03. The molecule has 2 rings (SSSR count). The second-order valence-corrected chi connectivity index (χ2v) is 4.29. The number of nitrogens with one attached hydrogen (secondary N) is 1. The van der Waals surface area contributed by atoms with Gasteiger partial charge >= 0.3 is 0 Å². The highest BCUT2D eigenvalue weighted by Gasteiger charge is 2.21. The van der Waals surface area contributed by atoms with Crippen molar-refractivity contribution in [3.8, 4) is 0 Å². The van der Waals surface area contributed by atoms with E-state index in [0.29, 0.717) is 5.88 Å². The van der Waals surface area contributed by atoms with E-state index in [-0.39, 0.29) is 11.8 Å². The zero-order chi connectivity index (χ0) is 10.8. The summed E-state index contributed by atoms with van der Waals surface area (Å²) in [6, 6.07) is 0. The Labute approximate surface area is 89.0 Å². The minimum Gasteiger partial charge on any atom is -0.338 e. The fourth-order valence-corrected chi connectivity index (χ4v) is 1.75. The van der Waals surface area contributed by atoms with E-state index in [1.54, 1.807) is 0 Å². The lowest BCUT2D eigenvalue weighted by Gasteiger charge is -2.10. The van der Waals surface area contributed by atoms with Crippen molar-refractivity contribution in [1.82, 2.24) is 5.16 Å². The summed E-state index contributed by atoms with van der Waals surface area (Å²) in [5.41, 5.74) is 2.11. The molecule has 0 atom stereocenters. The van der Waals surface area contributed by atoms with E-state index in [9.17, 15) is 4.79 Å². The number of rotatable bonds is 2. The molecule has 82 valence electrons. The number of aryl methyl sites for hydroxylation is 1. The Balaban J connectivity index is 2.15. The topological polar surface area (TPSA) is 55.1 Å². The Morgan fingerprint density at radius 3 is 2.87 bits per heavy atom. The van der Waals surface area contributed by atoms with E-state index in [0.717, 1.165) is 36.9 Å². The van der Waals surface area contributed by atoms with Crippen molar-refractivity contribution in [2.75, 3.05) is 5.32 Å². The maximum atomic E-state index is 11.5. The molecule has 0 spiro atoms. The van der Waals surface area contributed by atoms with E-state index >= 15 is 0 Å². The first-order valence-electron chi connectivity index (χ1n) is 5.46. The molecule has 1 heterocycles. The van der Waals surface area contributed by atoms with Crippen LogP contribution in [0.3, 0.4) is 0 Å². The average molecular weight is 208 g/mol. The highest BCUT2D eigenvalue weighted by atomic mass is 16.5. The largest absolute Gasteiger partial charge is 0.338 e. The van der Waals surface area contributed by atoms with Gasteiger partial charge in [-0.2, -0.15) is 0 Å². The molecule has 1 aliphatic carbocycles. The summed E-state index contributed by atoms with van der Waals surface area (Å²) < 4.78 is 5.16. The molecule has 0 unspecified atom stereocenters. The van der Waals surface area contributed by atoms with Gasteiger partial charge in [0.05, 0.1) is 5.69 Å². The van der Waals surface area contributed by atoms with Crippen molar-refractivity contribution < 1.29 is 9.32 Å². The van der Waals surface area contributed by atoms with Crippen LogP contribution < -0.4 is 5.32 Å². The smallest absolute Gasteiger partial charge is 0.234 e. The van der Waals surface area contributed by atoms with Crippen molar-refractivity contribution in [1.29, 1.82) is 0 Å². The van der Waals surface area contributed by atoms with Crippen LogP contribution in [0.1, 0.15) is 37.9 Å². The van der Waals surface area contributed by atoms with Crippen molar-refractivity contribution in [3.63, 3.8) is 0 Å². The fraction of sp³-hybridized carbons (Fsp3) is 0.636. The highest BCUT2D eigenvalue weighted by molar-refractivity contribution is 5.91. The van der Waals surface area contributed by atoms with Crippen molar-refractivity contribution in [2.24, 2.45) is 5.92 Å². The Morgan fingerprint density at radius 2 is 2.13 bits per heavy atom. The van der Waals surface area contributed by atoms with Crippen LogP contribution in [0, 0.1) is 5.92 Å². The second kappa shape index (κ2) is 4.04. The third-order valence-corrected chi connectivity index (χ3v) is 2.72. The summed E-state index contributed by atoms with van der Waals surface area (Å²) in [6.07, 6.45) is 4.25. The predicted molar refractivity (Wildman–Crippen MR) is 56.6 cm³/mol. The molecule has 0 fully saturated rings. The van der Waals surface area contributed by atoms with Gasteiger partial charge in [-0.1, -0.05) is 19.0 Å². The Morgan fingerprint density at radius 1 is 1.40 bits per heavy atom. The summed E-state index contributed by atoms with van der Waals surface area (Å²) in [5.74, 6) is 0.511. The average Bonchev–Trinajstić information content (AvgIpc) is 2.62. The molecular weight excluding hydrogens is 192 g/mol. The lowest BCUT2D eigenvalue weighted by molar-refractivity contribution is -0.119. The molecular formula is C11H16N2O2. The van der Waals surface area contributed by atoms with E-state index < -0.39 is 0 Å². The predicted octanol–water partition coefficient (Wildman–Crippen LogP) is 2.15. The molecule has 1 amide bonds. The van der Waals surface area contributed by atoms with Crippen LogP contribution in [-0.4, -0.2) is 11.1 Å². The standard InChI is InChI=1S/C11H16N2O2/c1-7(2)10(14)12-11-8-5-3-4-6-9(8)13-15-11/h7H,3-6H2,1-2H3,(H,12,14). The van der Waals surface area contributed by atoms with Gasteiger partial charge in [-0.25, -0.2) is 0 Å². The molecule has 0 aliphatic heterocycles. The van der Waals surface area contributed by atoms with E-state index in [1.165, 1.54) is 0 Å². The van der Waals surface area contributed by atoms with Gasteiger partial charge in [0.15, 0.2) is 0 Å². The van der Waals surface area contributed by atoms with Crippen LogP contribution >= 0.6 is 0 Å². The Kier molecular flexibility index (Phi) is 2.75. The lowest BCUT2D eigenvalue weighted by atomic mass is 9.97. The Bertz CT molecular complexity index is 369. The number of hydrogen-bond donors (Lipinski definition) is 1. The summed E-state index contributed by atoms with van der Waals surface area (Å²) in [5, 5.41) is 6.76. The van der Waals surface area contributed by atoms with Crippen LogP contribution in [0.5, 0.6) is 0 Å². The molecule has 4 heteroatoms. The molecule has 1 aromatic heterocycles. The number of hydrogen-bond acceptors (Lipinski definition) is 3. The van der Waals surface area contributed by atoms with Gasteiger partial charge in [-0.15, -0.1) is 0 Å². The SMILES string of the molecule is CC(C)C(=O)Nc1onc2c1CCCC2. The van der Waals surface area contributed by atoms with Crippen LogP contribution in [0.25, 0.3) is 0 Å². The lowest BCUT2D eigenvalue weighted by Crippen LogP contribution is -2.18. The van der Waals surface area contributed by atoms with Gasteiger partial charge in [0, 0.05) is 11.5 Å². The quantitative estimate of drug-likeness (QED) is 0.810. The first-order chi connectivity index (χ1) is 7.18. The molecule has 1 aliphatic rings. The number of nitrogens with zero attached hydrogens (tertiary/aromatic N) is 1. The third-order valence-electron chi connectivity index (χ3n) is 2.72. The molecule has 0 bridgehead atoms. The molecule has 1 N–H and O–H groups in total. The maximum Gasteiger partial charge on any atom is 0.234 e. The molecule has 1 aromatic rings. The summed E-state index contributed by atoms with van der Waals surface area (Å²) in [4.78, 5) is 11.5. The normalized spacial score (nSPS) is 15.1. The molecule has 0 radical (unpaired) electrons. The molecule has 0 saturated heterocycles. The first kappa shape index (κ1) is 10.2. The minimum atomic E-state index is -0.0330. The molecule has 4 nitrogen and oxygen atoms in total. The second-order valence-electron chi connectivity index (χ2n) is 4.29. The van der Waals surface area contributed by atoms with Crippen LogP contribution in [0.2, 0.25) is 0 Å². The van der Waals surface area contributed by atoms with Crippen molar-refractivity contribution in [2.45, 2.75) is 39.5 Å². The van der Waals surface area contributed by atoms with Crippen molar-refractivity contribution >= 4 is 11.8 Å². The Hall–Kier alpha value is -1.32. The fourth-order valence-electron chi connectivity index (χ4n) is 1.75. The molecule has 0 aromatic carbocycles. The van der Waals surface area contributed by atoms with Crippen LogP contribution in [0.15, 0.2) is 4.52 Å². The number of amides is 1. The monoisotopic (exact) mass is 208 g/mol. The van der Waals surface area contributed by atoms with Gasteiger partial charge in [-0.05, 0) is 25.7 Å². The highest BCUT2D eigenvalue weighted by Crippen LogP contribution is 2.27. The van der Waals surface area contributed by atoms with E-state index in [1.807, 2.05) is 13.8 Å². The van der Waals surface area contributed by atoms with Crippen LogP contribution in [0.4, 0.5) is 5.88 Å². The molecule has 15 heavy (non-hydrogen) atoms. The number of carbonyl (C=O) groups is 1. The van der Waals surface area contributed by atoms with E-state index in [2.05, 4.69) is 10.5 Å². The zero-order valence-corrected chi connectivity index (χ0v) is 9.17. The number of carbonyl (C=O) groups excluding carboxylic acids is 1. The summed E-state index contributed by atoms with van der Waals surface area (Å²) in [7, 11) is 0. The van der Waals surface area contributed by atoms with E-state index in [4.69, 9.17) is 4.52 Å². The number of fused-ring (bicyclic) bond motifs is 1. The minimum absolute atomic E-state index is 0.0143. The van der Waals surface area contributed by atoms with Gasteiger partial charge in [0.2, 0.25) is 11.8 Å². The van der Waals surface area contributed by atoms with Crippen molar-refractivity contribution in [3.05, 3.63) is 11.3 Å². The zero-order valence-electron chi connectivity index (χ0n) is 9.17. The number of anilines is 1. The van der Waals surface area contributed by atoms with Gasteiger partial charge in [0.25, 0.3) is 0 Å². The first-order valence-corrected chi connectivity index (χ1v) is 5.46. The number of aromatic nitrogens is 1. The molecule has 0 saturated carbocycles. The van der Waals surface area contributed by atoms with Gasteiger partial charge in [0.1, 0.15) is 0 Å². The summed E-state index contributed by atoms with van der Waals surface area (Å²) in [6.45, 7) is 3.72. The maximum absolute atomic E-state index is 11.5. The van der Waals surface area contributed by atoms with Crippen LogP contribution in [-0.2, 0) is 17.6 Å². The summed E-state index contributed by atoms with van der Waals surface area (Å²) >= 11 is 0. The van der Waals surface area contributed by atoms with Gasteiger partial charge in [-0.3, -0.25) is 10.1 Å². The van der Waals surface area contributed by atoms with Gasteiger partial charge < -0.3 is 4.52 Å².